The second-order valence-electron chi connectivity index (χ2n) is 8.61. The van der Waals surface area contributed by atoms with E-state index >= 15 is 0 Å². The lowest BCUT2D eigenvalue weighted by atomic mass is 9.72. The zero-order valence-electron chi connectivity index (χ0n) is 17.8. The highest BCUT2D eigenvalue weighted by atomic mass is 35.5. The van der Waals surface area contributed by atoms with Crippen molar-refractivity contribution in [3.05, 3.63) is 45.3 Å². The van der Waals surface area contributed by atoms with E-state index in [9.17, 15) is 9.59 Å². The van der Waals surface area contributed by atoms with Gasteiger partial charge in [0.25, 0.3) is 0 Å². The average molecular weight is 466 g/mol. The number of esters is 1. The van der Waals surface area contributed by atoms with Gasteiger partial charge in [0, 0.05) is 27.0 Å². The van der Waals surface area contributed by atoms with Gasteiger partial charge in [-0.1, -0.05) is 32.4 Å². The number of fused-ring (bicyclic) bond motifs is 1. The van der Waals surface area contributed by atoms with Crippen LogP contribution in [0.25, 0.3) is 0 Å². The number of carbonyl (C=O) groups excluding carboxylic acids is 2. The highest BCUT2D eigenvalue weighted by molar-refractivity contribution is 7.99. The Bertz CT molecular complexity index is 916. The standard InChI is InChI=1S/C23H28ClNO3S2/c1-23(2,3)14-5-10-17-18(13-14)30-21(20(17)22(27)28-4)25-19(26)11-12-29-16-8-6-15(24)7-9-16/h6-9,14H,5,10-13H2,1-4H3,(H,25,26). The normalized spacial score (nSPS) is 16.1. The van der Waals surface area contributed by atoms with Crippen LogP contribution < -0.4 is 5.32 Å². The molecule has 1 aromatic heterocycles. The Hall–Kier alpha value is -1.50. The number of nitrogens with one attached hydrogen (secondary N) is 1. The minimum Gasteiger partial charge on any atom is -0.465 e. The Kier molecular flexibility index (Phi) is 7.53. The Morgan fingerprint density at radius 2 is 1.97 bits per heavy atom. The van der Waals surface area contributed by atoms with E-state index in [0.29, 0.717) is 33.7 Å². The summed E-state index contributed by atoms with van der Waals surface area (Å²) in [6, 6.07) is 7.57. The van der Waals surface area contributed by atoms with Crippen LogP contribution in [0.15, 0.2) is 29.2 Å². The fourth-order valence-corrected chi connectivity index (χ4v) is 6.02. The van der Waals surface area contributed by atoms with Crippen LogP contribution in [0, 0.1) is 11.3 Å². The molecule has 3 rings (SSSR count). The molecular weight excluding hydrogens is 438 g/mol. The van der Waals surface area contributed by atoms with Crippen molar-refractivity contribution in [2.75, 3.05) is 18.2 Å². The van der Waals surface area contributed by atoms with Crippen molar-refractivity contribution >= 4 is 51.6 Å². The largest absolute Gasteiger partial charge is 0.465 e. The van der Waals surface area contributed by atoms with Crippen LogP contribution in [-0.2, 0) is 22.4 Å². The van der Waals surface area contributed by atoms with Crippen molar-refractivity contribution in [2.24, 2.45) is 11.3 Å². The number of anilines is 1. The van der Waals surface area contributed by atoms with Crippen LogP contribution in [0.3, 0.4) is 0 Å². The second kappa shape index (κ2) is 9.75. The zero-order chi connectivity index (χ0) is 21.9. The van der Waals surface area contributed by atoms with E-state index in [-0.39, 0.29) is 17.3 Å². The number of thiophene rings is 1. The molecular formula is C23H28ClNO3S2. The van der Waals surface area contributed by atoms with E-state index in [1.165, 1.54) is 23.3 Å². The molecule has 162 valence electrons. The SMILES string of the molecule is COC(=O)c1c(NC(=O)CCSc2ccc(Cl)cc2)sc2c1CCC(C(C)(C)C)C2. The average Bonchev–Trinajstić information content (AvgIpc) is 3.05. The third-order valence-electron chi connectivity index (χ3n) is 5.54. The number of carbonyl (C=O) groups is 2. The molecule has 2 aromatic rings. The van der Waals surface area contributed by atoms with Crippen molar-refractivity contribution < 1.29 is 14.3 Å². The quantitative estimate of drug-likeness (QED) is 0.393. The number of thioether (sulfide) groups is 1. The van der Waals surface area contributed by atoms with Crippen LogP contribution in [0.5, 0.6) is 0 Å². The number of amides is 1. The number of halogens is 1. The van der Waals surface area contributed by atoms with Crippen LogP contribution >= 0.6 is 34.7 Å². The van der Waals surface area contributed by atoms with Gasteiger partial charge in [-0.15, -0.1) is 23.1 Å². The van der Waals surface area contributed by atoms with Gasteiger partial charge < -0.3 is 10.1 Å². The van der Waals surface area contributed by atoms with E-state index < -0.39 is 0 Å². The summed E-state index contributed by atoms with van der Waals surface area (Å²) in [4.78, 5) is 27.3. The molecule has 1 amide bonds. The molecule has 1 heterocycles. The molecule has 4 nitrogen and oxygen atoms in total. The summed E-state index contributed by atoms with van der Waals surface area (Å²) in [6.45, 7) is 6.79. The Balaban J connectivity index is 1.68. The maximum atomic E-state index is 12.6. The summed E-state index contributed by atoms with van der Waals surface area (Å²) in [5, 5.41) is 4.30. The Morgan fingerprint density at radius 1 is 1.27 bits per heavy atom. The number of rotatable bonds is 6. The number of benzene rings is 1. The number of methoxy groups -OCH3 is 1. The zero-order valence-corrected chi connectivity index (χ0v) is 20.2. The first-order valence-electron chi connectivity index (χ1n) is 10.1. The molecule has 7 heteroatoms. The minimum absolute atomic E-state index is 0.0902. The number of hydrogen-bond acceptors (Lipinski definition) is 5. The first kappa shape index (κ1) is 23.2. The molecule has 0 spiro atoms. The molecule has 30 heavy (non-hydrogen) atoms. The summed E-state index contributed by atoms with van der Waals surface area (Å²) in [5.41, 5.74) is 1.82. The predicted molar refractivity (Wildman–Crippen MR) is 126 cm³/mol. The first-order chi connectivity index (χ1) is 14.2. The van der Waals surface area contributed by atoms with Crippen molar-refractivity contribution in [1.29, 1.82) is 0 Å². The van der Waals surface area contributed by atoms with Crippen molar-refractivity contribution in [3.63, 3.8) is 0 Å². The lowest BCUT2D eigenvalue weighted by molar-refractivity contribution is -0.115. The van der Waals surface area contributed by atoms with Gasteiger partial charge in [0.15, 0.2) is 0 Å². The number of ether oxygens (including phenoxy) is 1. The van der Waals surface area contributed by atoms with Gasteiger partial charge in [-0.3, -0.25) is 4.79 Å². The molecule has 1 aliphatic rings. The molecule has 1 N–H and O–H groups in total. The molecule has 0 aliphatic heterocycles. The van der Waals surface area contributed by atoms with E-state index in [1.54, 1.807) is 11.8 Å². The van der Waals surface area contributed by atoms with E-state index in [1.807, 2.05) is 24.3 Å². The van der Waals surface area contributed by atoms with E-state index in [2.05, 4.69) is 26.1 Å². The summed E-state index contributed by atoms with van der Waals surface area (Å²) < 4.78 is 5.03. The van der Waals surface area contributed by atoms with Crippen LogP contribution in [-0.4, -0.2) is 24.7 Å². The third-order valence-corrected chi connectivity index (χ3v) is 7.98. The number of hydrogen-bond donors (Lipinski definition) is 1. The van der Waals surface area contributed by atoms with Gasteiger partial charge in [-0.25, -0.2) is 4.79 Å². The van der Waals surface area contributed by atoms with Crippen LogP contribution in [0.4, 0.5) is 5.00 Å². The van der Waals surface area contributed by atoms with Gasteiger partial charge in [-0.2, -0.15) is 0 Å². The van der Waals surface area contributed by atoms with Crippen molar-refractivity contribution in [2.45, 2.75) is 51.3 Å². The predicted octanol–water partition coefficient (Wildman–Crippen LogP) is 6.46. The maximum absolute atomic E-state index is 12.6. The minimum atomic E-state index is -0.368. The molecule has 1 atom stereocenters. The van der Waals surface area contributed by atoms with Gasteiger partial charge in [0.2, 0.25) is 5.91 Å². The van der Waals surface area contributed by atoms with Crippen LogP contribution in [0.2, 0.25) is 5.02 Å². The monoisotopic (exact) mass is 465 g/mol. The summed E-state index contributed by atoms with van der Waals surface area (Å²) in [5.74, 6) is 0.756. The molecule has 0 fully saturated rings. The molecule has 0 radical (unpaired) electrons. The van der Waals surface area contributed by atoms with E-state index in [4.69, 9.17) is 16.3 Å². The molecule has 1 aromatic carbocycles. The summed E-state index contributed by atoms with van der Waals surface area (Å²) in [6.07, 6.45) is 3.19. The molecule has 1 unspecified atom stereocenters. The fourth-order valence-electron chi connectivity index (χ4n) is 3.71. The van der Waals surface area contributed by atoms with Crippen LogP contribution in [0.1, 0.15) is 54.4 Å². The Morgan fingerprint density at radius 3 is 2.60 bits per heavy atom. The maximum Gasteiger partial charge on any atom is 0.341 e. The smallest absolute Gasteiger partial charge is 0.341 e. The highest BCUT2D eigenvalue weighted by Crippen LogP contribution is 2.44. The van der Waals surface area contributed by atoms with Gasteiger partial charge in [0.1, 0.15) is 5.00 Å². The molecule has 0 saturated heterocycles. The molecule has 1 aliphatic carbocycles. The van der Waals surface area contributed by atoms with Crippen molar-refractivity contribution in [3.8, 4) is 0 Å². The van der Waals surface area contributed by atoms with E-state index in [0.717, 1.165) is 29.7 Å². The lowest BCUT2D eigenvalue weighted by Crippen LogP contribution is -2.26. The third kappa shape index (κ3) is 5.59. The van der Waals surface area contributed by atoms with Gasteiger partial charge in [-0.05, 0) is 60.4 Å². The van der Waals surface area contributed by atoms with Crippen molar-refractivity contribution in [1.82, 2.24) is 0 Å². The summed E-state index contributed by atoms with van der Waals surface area (Å²) in [7, 11) is 1.39. The lowest BCUT2D eigenvalue weighted by Gasteiger charge is -2.33. The first-order valence-corrected chi connectivity index (χ1v) is 12.3. The molecule has 0 saturated carbocycles. The Labute approximate surface area is 191 Å². The van der Waals surface area contributed by atoms with Gasteiger partial charge in [0.05, 0.1) is 12.7 Å². The highest BCUT2D eigenvalue weighted by Gasteiger charge is 2.34. The topological polar surface area (TPSA) is 55.4 Å². The fraction of sp³-hybridized carbons (Fsp3) is 0.478. The van der Waals surface area contributed by atoms with Gasteiger partial charge >= 0.3 is 5.97 Å². The molecule has 0 bridgehead atoms. The summed E-state index contributed by atoms with van der Waals surface area (Å²) >= 11 is 9.04. The second-order valence-corrected chi connectivity index (χ2v) is 11.3.